The van der Waals surface area contributed by atoms with Crippen molar-refractivity contribution in [2.24, 2.45) is 0 Å². The van der Waals surface area contributed by atoms with E-state index >= 15 is 0 Å². The summed E-state index contributed by atoms with van der Waals surface area (Å²) in [6.07, 6.45) is 0.716. The van der Waals surface area contributed by atoms with Crippen molar-refractivity contribution in [2.45, 2.75) is 13.3 Å². The van der Waals surface area contributed by atoms with Crippen LogP contribution in [-0.2, 0) is 14.3 Å². The van der Waals surface area contributed by atoms with Crippen LogP contribution in [0.5, 0.6) is 0 Å². The first-order chi connectivity index (χ1) is 15.9. The summed E-state index contributed by atoms with van der Waals surface area (Å²) in [6.45, 7) is 4.96. The van der Waals surface area contributed by atoms with Crippen LogP contribution in [0, 0.1) is 5.82 Å². The van der Waals surface area contributed by atoms with Gasteiger partial charge in [0.25, 0.3) is 11.8 Å². The number of halogens is 1. The number of anilines is 1. The average molecular weight is 451 g/mol. The first-order valence-corrected chi connectivity index (χ1v) is 11.0. The fraction of sp³-hybridized carbons (Fsp3) is 0.320. The van der Waals surface area contributed by atoms with E-state index in [4.69, 9.17) is 4.74 Å². The lowest BCUT2D eigenvalue weighted by molar-refractivity contribution is -0.120. The van der Waals surface area contributed by atoms with Crippen molar-refractivity contribution >= 4 is 29.0 Å². The standard InChI is InChI=1S/C25H26FN3O4/c1-3-16-33-25(32)18-6-10-20(11-7-18)29-23(30)21(17-4-8-19(26)9-5-17)22(24(29)31)28-14-12-27(2)13-15-28/h4-11H,3,12-16H2,1-2H3. The van der Waals surface area contributed by atoms with Gasteiger partial charge in [0.2, 0.25) is 0 Å². The summed E-state index contributed by atoms with van der Waals surface area (Å²) in [5.74, 6) is -1.77. The number of carbonyl (C=O) groups is 3. The Morgan fingerprint density at radius 1 is 0.939 bits per heavy atom. The van der Waals surface area contributed by atoms with Crippen molar-refractivity contribution in [3.63, 3.8) is 0 Å². The maximum Gasteiger partial charge on any atom is 0.338 e. The number of ether oxygens (including phenoxy) is 1. The molecule has 2 aromatic rings. The van der Waals surface area contributed by atoms with Crippen molar-refractivity contribution in [2.75, 3.05) is 44.7 Å². The highest BCUT2D eigenvalue weighted by Crippen LogP contribution is 2.35. The van der Waals surface area contributed by atoms with Crippen LogP contribution in [-0.4, -0.2) is 67.4 Å². The fourth-order valence-electron chi connectivity index (χ4n) is 3.98. The molecule has 172 valence electrons. The average Bonchev–Trinajstić information content (AvgIpc) is 3.08. The van der Waals surface area contributed by atoms with E-state index < -0.39 is 23.6 Å². The normalized spacial score (nSPS) is 17.2. The minimum Gasteiger partial charge on any atom is -0.462 e. The number of carbonyl (C=O) groups excluding carboxylic acids is 3. The Labute approximate surface area is 192 Å². The van der Waals surface area contributed by atoms with Gasteiger partial charge in [0.15, 0.2) is 0 Å². The minimum absolute atomic E-state index is 0.260. The van der Waals surface area contributed by atoms with Crippen molar-refractivity contribution < 1.29 is 23.5 Å². The van der Waals surface area contributed by atoms with E-state index in [1.54, 1.807) is 24.3 Å². The zero-order valence-corrected chi connectivity index (χ0v) is 18.7. The lowest BCUT2D eigenvalue weighted by Crippen LogP contribution is -2.46. The molecule has 0 aliphatic carbocycles. The highest BCUT2D eigenvalue weighted by molar-refractivity contribution is 6.45. The molecule has 1 saturated heterocycles. The summed E-state index contributed by atoms with van der Waals surface area (Å²) in [5.41, 5.74) is 1.78. The van der Waals surface area contributed by atoms with E-state index in [0.29, 0.717) is 48.6 Å². The van der Waals surface area contributed by atoms with Gasteiger partial charge in [-0.1, -0.05) is 19.1 Å². The van der Waals surface area contributed by atoms with Crippen LogP contribution >= 0.6 is 0 Å². The number of hydrogen-bond donors (Lipinski definition) is 0. The van der Waals surface area contributed by atoms with Gasteiger partial charge in [-0.15, -0.1) is 0 Å². The molecular weight excluding hydrogens is 425 g/mol. The number of amides is 2. The molecule has 2 aliphatic rings. The van der Waals surface area contributed by atoms with Gasteiger partial charge in [0.1, 0.15) is 11.5 Å². The smallest absolute Gasteiger partial charge is 0.338 e. The van der Waals surface area contributed by atoms with Gasteiger partial charge >= 0.3 is 5.97 Å². The van der Waals surface area contributed by atoms with Gasteiger partial charge in [-0.2, -0.15) is 0 Å². The molecule has 2 amide bonds. The summed E-state index contributed by atoms with van der Waals surface area (Å²) in [5, 5.41) is 0. The Kier molecular flexibility index (Phi) is 6.55. The molecule has 0 unspecified atom stereocenters. The molecule has 4 rings (SSSR count). The van der Waals surface area contributed by atoms with Crippen molar-refractivity contribution in [1.82, 2.24) is 9.80 Å². The molecule has 0 radical (unpaired) electrons. The van der Waals surface area contributed by atoms with Crippen molar-refractivity contribution in [3.8, 4) is 0 Å². The maximum atomic E-state index is 13.5. The zero-order chi connectivity index (χ0) is 23.5. The Morgan fingerprint density at radius 3 is 2.18 bits per heavy atom. The molecule has 0 spiro atoms. The number of piperazine rings is 1. The summed E-state index contributed by atoms with van der Waals surface area (Å²) >= 11 is 0. The molecule has 2 aromatic carbocycles. The Balaban J connectivity index is 1.68. The van der Waals surface area contributed by atoms with Crippen LogP contribution in [0.15, 0.2) is 54.2 Å². The van der Waals surface area contributed by atoms with E-state index in [2.05, 4.69) is 4.90 Å². The molecule has 7 nitrogen and oxygen atoms in total. The number of likely N-dealkylation sites (N-methyl/N-ethyl adjacent to an activating group) is 1. The number of esters is 1. The lowest BCUT2D eigenvalue weighted by Gasteiger charge is -2.34. The predicted molar refractivity (Wildman–Crippen MR) is 122 cm³/mol. The molecular formula is C25H26FN3O4. The summed E-state index contributed by atoms with van der Waals surface area (Å²) in [4.78, 5) is 44.3. The van der Waals surface area contributed by atoms with Gasteiger partial charge in [-0.3, -0.25) is 9.59 Å². The zero-order valence-electron chi connectivity index (χ0n) is 18.7. The van der Waals surface area contributed by atoms with Gasteiger partial charge in [-0.25, -0.2) is 14.1 Å². The third-order valence-electron chi connectivity index (χ3n) is 5.81. The third kappa shape index (κ3) is 4.52. The van der Waals surface area contributed by atoms with Crippen LogP contribution in [0.1, 0.15) is 29.3 Å². The van der Waals surface area contributed by atoms with Crippen LogP contribution in [0.4, 0.5) is 10.1 Å². The largest absolute Gasteiger partial charge is 0.462 e. The van der Waals surface area contributed by atoms with Crippen LogP contribution in [0.25, 0.3) is 5.57 Å². The predicted octanol–water partition coefficient (Wildman–Crippen LogP) is 2.92. The number of rotatable bonds is 6. The summed E-state index contributed by atoms with van der Waals surface area (Å²) in [6, 6.07) is 11.8. The molecule has 0 saturated carbocycles. The van der Waals surface area contributed by atoms with E-state index in [1.165, 1.54) is 24.3 Å². The SMILES string of the molecule is CCCOC(=O)c1ccc(N2C(=O)C(c3ccc(F)cc3)=C(N3CCN(C)CC3)C2=O)cc1. The van der Waals surface area contributed by atoms with Crippen LogP contribution < -0.4 is 4.90 Å². The van der Waals surface area contributed by atoms with E-state index in [1.807, 2.05) is 18.9 Å². The van der Waals surface area contributed by atoms with Crippen molar-refractivity contribution in [1.29, 1.82) is 0 Å². The Bertz CT molecular complexity index is 1090. The quantitative estimate of drug-likeness (QED) is 0.497. The van der Waals surface area contributed by atoms with E-state index in [0.717, 1.165) is 18.0 Å². The van der Waals surface area contributed by atoms with Gasteiger partial charge in [-0.05, 0) is 55.4 Å². The summed E-state index contributed by atoms with van der Waals surface area (Å²) < 4.78 is 18.7. The number of hydrogen-bond acceptors (Lipinski definition) is 6. The Hall–Kier alpha value is -3.52. The second kappa shape index (κ2) is 9.54. The monoisotopic (exact) mass is 451 g/mol. The molecule has 1 fully saturated rings. The second-order valence-electron chi connectivity index (χ2n) is 8.15. The second-order valence-corrected chi connectivity index (χ2v) is 8.15. The molecule has 0 atom stereocenters. The van der Waals surface area contributed by atoms with Crippen LogP contribution in [0.2, 0.25) is 0 Å². The molecule has 2 aliphatic heterocycles. The number of nitrogens with zero attached hydrogens (tertiary/aromatic N) is 3. The highest BCUT2D eigenvalue weighted by atomic mass is 19.1. The molecule has 2 heterocycles. The molecule has 0 N–H and O–H groups in total. The van der Waals surface area contributed by atoms with Crippen molar-refractivity contribution in [3.05, 3.63) is 71.2 Å². The van der Waals surface area contributed by atoms with Crippen LogP contribution in [0.3, 0.4) is 0 Å². The summed E-state index contributed by atoms with van der Waals surface area (Å²) in [7, 11) is 2.01. The minimum atomic E-state index is -0.471. The number of imide groups is 1. The topological polar surface area (TPSA) is 70.2 Å². The van der Waals surface area contributed by atoms with Gasteiger partial charge < -0.3 is 14.5 Å². The molecule has 8 heteroatoms. The first kappa shape index (κ1) is 22.7. The number of benzene rings is 2. The first-order valence-electron chi connectivity index (χ1n) is 11.0. The highest BCUT2D eigenvalue weighted by Gasteiger charge is 2.43. The third-order valence-corrected chi connectivity index (χ3v) is 5.81. The maximum absolute atomic E-state index is 13.5. The molecule has 0 aromatic heterocycles. The Morgan fingerprint density at radius 2 is 1.58 bits per heavy atom. The van der Waals surface area contributed by atoms with E-state index in [9.17, 15) is 18.8 Å². The van der Waals surface area contributed by atoms with Gasteiger partial charge in [0, 0.05) is 26.2 Å². The lowest BCUT2D eigenvalue weighted by atomic mass is 10.0. The molecule has 33 heavy (non-hydrogen) atoms. The molecule has 0 bridgehead atoms. The fourth-order valence-corrected chi connectivity index (χ4v) is 3.98. The van der Waals surface area contributed by atoms with Gasteiger partial charge in [0.05, 0.1) is 23.4 Å². The van der Waals surface area contributed by atoms with E-state index in [-0.39, 0.29) is 5.57 Å².